The van der Waals surface area contributed by atoms with E-state index in [9.17, 15) is 4.39 Å². The van der Waals surface area contributed by atoms with E-state index < -0.39 is 0 Å². The summed E-state index contributed by atoms with van der Waals surface area (Å²) in [5, 5.41) is 4.18. The first-order valence-corrected chi connectivity index (χ1v) is 7.04. The maximum Gasteiger partial charge on any atom is 0.125 e. The summed E-state index contributed by atoms with van der Waals surface area (Å²) in [6.45, 7) is 3.88. The smallest absolute Gasteiger partial charge is 0.125 e. The summed E-state index contributed by atoms with van der Waals surface area (Å²) in [5.41, 5.74) is 10.0. The molecule has 0 aliphatic carbocycles. The Kier molecular flexibility index (Phi) is 3.06. The monoisotopic (exact) mass is 287 g/mol. The van der Waals surface area contributed by atoms with E-state index in [1.54, 1.807) is 17.4 Å². The number of halogens is 1. The van der Waals surface area contributed by atoms with Gasteiger partial charge in [0, 0.05) is 5.69 Å². The molecule has 0 fully saturated rings. The van der Waals surface area contributed by atoms with Crippen LogP contribution in [-0.2, 0) is 0 Å². The predicted molar refractivity (Wildman–Crippen MR) is 83.2 cm³/mol. The fourth-order valence-corrected chi connectivity index (χ4v) is 2.94. The molecular formula is C15H14FN3S. The van der Waals surface area contributed by atoms with Gasteiger partial charge in [0.25, 0.3) is 0 Å². The molecule has 3 nitrogen and oxygen atoms in total. The number of rotatable bonds is 2. The first-order valence-electron chi connectivity index (χ1n) is 6.23. The molecule has 3 aromatic rings. The van der Waals surface area contributed by atoms with Crippen LogP contribution in [0, 0.1) is 19.7 Å². The van der Waals surface area contributed by atoms with E-state index in [0.29, 0.717) is 11.4 Å². The molecule has 102 valence electrons. The molecule has 0 amide bonds. The Morgan fingerprint density at radius 1 is 1.15 bits per heavy atom. The number of hydrogen-bond donors (Lipinski definition) is 2. The van der Waals surface area contributed by atoms with Crippen LogP contribution in [0.5, 0.6) is 0 Å². The molecule has 0 spiro atoms. The van der Waals surface area contributed by atoms with Gasteiger partial charge >= 0.3 is 0 Å². The number of nitrogens with zero attached hydrogens (tertiary/aromatic N) is 1. The lowest BCUT2D eigenvalue weighted by atomic mass is 10.1. The molecule has 2 aromatic carbocycles. The highest BCUT2D eigenvalue weighted by molar-refractivity contribution is 7.18. The van der Waals surface area contributed by atoms with E-state index in [0.717, 1.165) is 26.5 Å². The van der Waals surface area contributed by atoms with Gasteiger partial charge < -0.3 is 11.1 Å². The second-order valence-corrected chi connectivity index (χ2v) is 5.96. The molecule has 1 aromatic heterocycles. The molecule has 0 saturated heterocycles. The fourth-order valence-electron chi connectivity index (χ4n) is 2.09. The van der Waals surface area contributed by atoms with Crippen LogP contribution in [0.25, 0.3) is 10.2 Å². The Balaban J connectivity index is 2.05. The molecule has 0 aliphatic rings. The first-order chi connectivity index (χ1) is 9.52. The molecule has 0 saturated carbocycles. The normalized spacial score (nSPS) is 10.9. The largest absolute Gasteiger partial charge is 0.397 e. The minimum atomic E-state index is -0.276. The molecule has 0 atom stereocenters. The maximum absolute atomic E-state index is 13.3. The van der Waals surface area contributed by atoms with Gasteiger partial charge in [-0.05, 0) is 43.7 Å². The Bertz CT molecular complexity index is 795. The number of nitrogens with one attached hydrogen (secondary N) is 1. The van der Waals surface area contributed by atoms with E-state index in [4.69, 9.17) is 5.73 Å². The zero-order valence-corrected chi connectivity index (χ0v) is 12.0. The van der Waals surface area contributed by atoms with Crippen LogP contribution in [0.3, 0.4) is 0 Å². The molecule has 20 heavy (non-hydrogen) atoms. The number of nitrogen functional groups attached to an aromatic ring is 1. The minimum absolute atomic E-state index is 0.276. The lowest BCUT2D eigenvalue weighted by molar-refractivity contribution is 0.628. The number of thiazole rings is 1. The average Bonchev–Trinajstić information content (AvgIpc) is 2.73. The summed E-state index contributed by atoms with van der Waals surface area (Å²) in [4.78, 5) is 4.45. The molecular weight excluding hydrogens is 273 g/mol. The number of aromatic nitrogens is 1. The van der Waals surface area contributed by atoms with Gasteiger partial charge in [0.15, 0.2) is 0 Å². The molecule has 0 aliphatic heterocycles. The quantitative estimate of drug-likeness (QED) is 0.688. The Morgan fingerprint density at radius 2 is 1.95 bits per heavy atom. The maximum atomic E-state index is 13.3. The van der Waals surface area contributed by atoms with E-state index in [2.05, 4.69) is 10.3 Å². The third-order valence-corrected chi connectivity index (χ3v) is 4.07. The third-order valence-electron chi connectivity index (χ3n) is 3.14. The minimum Gasteiger partial charge on any atom is -0.397 e. The molecule has 3 rings (SSSR count). The molecule has 0 unspecified atom stereocenters. The Hall–Kier alpha value is -2.14. The van der Waals surface area contributed by atoms with Crippen molar-refractivity contribution in [3.05, 3.63) is 46.7 Å². The van der Waals surface area contributed by atoms with Gasteiger partial charge in [0.1, 0.15) is 5.82 Å². The van der Waals surface area contributed by atoms with Crippen LogP contribution in [0.15, 0.2) is 30.3 Å². The van der Waals surface area contributed by atoms with Crippen molar-refractivity contribution in [2.24, 2.45) is 0 Å². The SMILES string of the molecule is Cc1nc2cc(Nc3cc(F)ccc3C)c(N)cc2s1. The zero-order valence-electron chi connectivity index (χ0n) is 11.2. The number of nitrogens with two attached hydrogens (primary N) is 1. The van der Waals surface area contributed by atoms with Gasteiger partial charge in [0.2, 0.25) is 0 Å². The topological polar surface area (TPSA) is 50.9 Å². The summed E-state index contributed by atoms with van der Waals surface area (Å²) in [6, 6.07) is 8.44. The highest BCUT2D eigenvalue weighted by atomic mass is 32.1. The van der Waals surface area contributed by atoms with Crippen molar-refractivity contribution in [1.29, 1.82) is 0 Å². The van der Waals surface area contributed by atoms with Gasteiger partial charge in [-0.3, -0.25) is 0 Å². The van der Waals surface area contributed by atoms with Crippen LogP contribution in [0.2, 0.25) is 0 Å². The number of benzene rings is 2. The van der Waals surface area contributed by atoms with Crippen molar-refractivity contribution in [1.82, 2.24) is 4.98 Å². The lowest BCUT2D eigenvalue weighted by Gasteiger charge is -2.12. The average molecular weight is 287 g/mol. The second kappa shape index (κ2) is 4.76. The summed E-state index contributed by atoms with van der Waals surface area (Å²) in [5.74, 6) is -0.276. The van der Waals surface area contributed by atoms with Crippen molar-refractivity contribution in [3.63, 3.8) is 0 Å². The Morgan fingerprint density at radius 3 is 2.75 bits per heavy atom. The van der Waals surface area contributed by atoms with Gasteiger partial charge in [-0.1, -0.05) is 6.07 Å². The van der Waals surface area contributed by atoms with Crippen LogP contribution >= 0.6 is 11.3 Å². The van der Waals surface area contributed by atoms with Crippen molar-refractivity contribution < 1.29 is 4.39 Å². The molecule has 5 heteroatoms. The summed E-state index contributed by atoms with van der Waals surface area (Å²) < 4.78 is 14.4. The molecule has 3 N–H and O–H groups in total. The van der Waals surface area contributed by atoms with Gasteiger partial charge in [-0.25, -0.2) is 9.37 Å². The van der Waals surface area contributed by atoms with E-state index in [1.165, 1.54) is 12.1 Å². The zero-order chi connectivity index (χ0) is 14.3. The number of fused-ring (bicyclic) bond motifs is 1. The van der Waals surface area contributed by atoms with E-state index in [1.807, 2.05) is 26.0 Å². The summed E-state index contributed by atoms with van der Waals surface area (Å²) >= 11 is 1.61. The van der Waals surface area contributed by atoms with Gasteiger partial charge in [0.05, 0.1) is 26.6 Å². The molecule has 0 bridgehead atoms. The Labute approximate surface area is 120 Å². The number of aryl methyl sites for hydroxylation is 2. The van der Waals surface area contributed by atoms with E-state index in [-0.39, 0.29) is 5.82 Å². The van der Waals surface area contributed by atoms with Crippen molar-refractivity contribution in [3.8, 4) is 0 Å². The number of anilines is 3. The van der Waals surface area contributed by atoms with Crippen LogP contribution in [0.1, 0.15) is 10.6 Å². The standard InChI is InChI=1S/C15H14FN3S/c1-8-3-4-10(16)5-12(8)19-13-7-14-15(6-11(13)17)20-9(2)18-14/h3-7,19H,17H2,1-2H3. The van der Waals surface area contributed by atoms with Gasteiger partial charge in [-0.15, -0.1) is 11.3 Å². The van der Waals surface area contributed by atoms with Gasteiger partial charge in [-0.2, -0.15) is 0 Å². The summed E-state index contributed by atoms with van der Waals surface area (Å²) in [7, 11) is 0. The predicted octanol–water partition coefficient (Wildman–Crippen LogP) is 4.38. The lowest BCUT2D eigenvalue weighted by Crippen LogP contribution is -1.98. The molecule has 1 heterocycles. The molecule has 0 radical (unpaired) electrons. The van der Waals surface area contributed by atoms with Crippen LogP contribution < -0.4 is 11.1 Å². The van der Waals surface area contributed by atoms with Crippen molar-refractivity contribution in [2.45, 2.75) is 13.8 Å². The third kappa shape index (κ3) is 2.32. The second-order valence-electron chi connectivity index (χ2n) is 4.72. The van der Waals surface area contributed by atoms with Crippen LogP contribution in [0.4, 0.5) is 21.5 Å². The highest BCUT2D eigenvalue weighted by Gasteiger charge is 2.08. The highest BCUT2D eigenvalue weighted by Crippen LogP contribution is 2.32. The first kappa shape index (κ1) is 12.9. The van der Waals surface area contributed by atoms with Crippen molar-refractivity contribution >= 4 is 38.6 Å². The number of hydrogen-bond acceptors (Lipinski definition) is 4. The van der Waals surface area contributed by atoms with Crippen molar-refractivity contribution in [2.75, 3.05) is 11.1 Å². The van der Waals surface area contributed by atoms with Crippen LogP contribution in [-0.4, -0.2) is 4.98 Å². The van der Waals surface area contributed by atoms with E-state index >= 15 is 0 Å². The fraction of sp³-hybridized carbons (Fsp3) is 0.133. The summed E-state index contributed by atoms with van der Waals surface area (Å²) in [6.07, 6.45) is 0.